The minimum atomic E-state index is -1.32. The first-order valence-electron chi connectivity index (χ1n) is 1.35. The normalized spacial score (nSPS) is 11.3. The third-order valence-corrected chi connectivity index (χ3v) is 0.549. The highest BCUT2D eigenvalue weighted by molar-refractivity contribution is 6.81. The Kier molecular flexibility index (Phi) is 2.15. The number of hydrogen-bond donors (Lipinski definition) is 2. The lowest BCUT2D eigenvalue weighted by molar-refractivity contribution is -0.129. The van der Waals surface area contributed by atoms with Crippen molar-refractivity contribution in [2.75, 3.05) is 0 Å². The molecule has 5 heteroatoms. The summed E-state index contributed by atoms with van der Waals surface area (Å²) in [5.74, 6) is 3.13. The van der Waals surface area contributed by atoms with Gasteiger partial charge in [-0.3, -0.25) is 0 Å². The Morgan fingerprint density at radius 1 is 1.86 bits per heavy atom. The smallest absolute Gasteiger partial charge is 0.368 e. The molecule has 0 aliphatic heterocycles. The van der Waals surface area contributed by atoms with Crippen molar-refractivity contribution in [3.8, 4) is 0 Å². The highest BCUT2D eigenvalue weighted by Crippen LogP contribution is 1.79. The number of nitrogens with zero attached hydrogens (tertiary/aromatic N) is 1. The van der Waals surface area contributed by atoms with Crippen molar-refractivity contribution in [1.29, 1.82) is 0 Å². The van der Waals surface area contributed by atoms with Gasteiger partial charge in [0.1, 0.15) is 0 Å². The van der Waals surface area contributed by atoms with E-state index in [0.717, 1.165) is 0 Å². The molecule has 0 unspecified atom stereocenters. The summed E-state index contributed by atoms with van der Waals surface area (Å²) in [5, 5.41) is 9.90. The van der Waals surface area contributed by atoms with Crippen LogP contribution in [0, 0.1) is 0 Å². The topological polar surface area (TPSA) is 75.7 Å². The zero-order chi connectivity index (χ0) is 5.86. The van der Waals surface area contributed by atoms with Crippen LogP contribution in [0.3, 0.4) is 0 Å². The van der Waals surface area contributed by atoms with Crippen LogP contribution in [-0.4, -0.2) is 16.2 Å². The van der Waals surface area contributed by atoms with Crippen LogP contribution in [0.2, 0.25) is 0 Å². The van der Waals surface area contributed by atoms with Crippen LogP contribution in [0.15, 0.2) is 5.10 Å². The van der Waals surface area contributed by atoms with Crippen molar-refractivity contribution in [3.05, 3.63) is 0 Å². The third-order valence-electron chi connectivity index (χ3n) is 0.290. The van der Waals surface area contributed by atoms with Crippen LogP contribution in [0.1, 0.15) is 0 Å². The molecule has 7 heavy (non-hydrogen) atoms. The lowest BCUT2D eigenvalue weighted by Gasteiger charge is -1.79. The van der Waals surface area contributed by atoms with Crippen molar-refractivity contribution in [2.24, 2.45) is 10.9 Å². The van der Waals surface area contributed by atoms with Gasteiger partial charge in [0.05, 0.1) is 0 Å². The highest BCUT2D eigenvalue weighted by Gasteiger charge is 2.00. The van der Waals surface area contributed by atoms with Crippen LogP contribution in [0.4, 0.5) is 0 Å². The van der Waals surface area contributed by atoms with E-state index in [1.165, 1.54) is 0 Å². The molecule has 0 saturated heterocycles. The summed E-state index contributed by atoms with van der Waals surface area (Å²) in [6.45, 7) is 0. The molecule has 4 nitrogen and oxygen atoms in total. The van der Waals surface area contributed by atoms with E-state index in [0.29, 0.717) is 0 Å². The number of carboxylic acids is 1. The molecule has 0 radical (unpaired) electrons. The molecule has 0 heterocycles. The molecule has 3 N–H and O–H groups in total. The van der Waals surface area contributed by atoms with E-state index >= 15 is 0 Å². The lowest BCUT2D eigenvalue weighted by atomic mass is 10.8. The Hall–Kier alpha value is -0.770. The van der Waals surface area contributed by atoms with Crippen LogP contribution >= 0.6 is 11.6 Å². The Balaban J connectivity index is 3.82. The summed E-state index contributed by atoms with van der Waals surface area (Å²) in [5.41, 5.74) is 0. The van der Waals surface area contributed by atoms with E-state index in [1.807, 2.05) is 0 Å². The zero-order valence-corrected chi connectivity index (χ0v) is 4.01. The van der Waals surface area contributed by atoms with Gasteiger partial charge in [0, 0.05) is 0 Å². The van der Waals surface area contributed by atoms with Gasteiger partial charge in [-0.1, -0.05) is 11.6 Å². The number of halogens is 1. The Bertz CT molecular complexity index is 110. The number of carbonyl (C=O) groups is 1. The third kappa shape index (κ3) is 1.99. The molecule has 0 aromatic heterocycles. The Morgan fingerprint density at radius 2 is 2.29 bits per heavy atom. The first-order valence-corrected chi connectivity index (χ1v) is 1.73. The number of nitrogens with two attached hydrogens (primary N) is 1. The molecule has 0 aromatic carbocycles. The quantitative estimate of drug-likeness (QED) is 0.282. The van der Waals surface area contributed by atoms with E-state index in [-0.39, 0.29) is 0 Å². The Morgan fingerprint density at radius 3 is 2.29 bits per heavy atom. The number of hydrogen-bond acceptors (Lipinski definition) is 3. The average Bonchev–Trinajstić information content (AvgIpc) is 1.65. The predicted octanol–water partition coefficient (Wildman–Crippen LogP) is -0.418. The molecule has 0 atom stereocenters. The van der Waals surface area contributed by atoms with Gasteiger partial charge in [0.15, 0.2) is 0 Å². The molecule has 0 aliphatic carbocycles. The van der Waals surface area contributed by atoms with Gasteiger partial charge in [0.25, 0.3) is 0 Å². The van der Waals surface area contributed by atoms with Crippen molar-refractivity contribution in [3.63, 3.8) is 0 Å². The summed E-state index contributed by atoms with van der Waals surface area (Å²) in [7, 11) is 0. The van der Waals surface area contributed by atoms with Gasteiger partial charge in [-0.2, -0.15) is 5.10 Å². The summed E-state index contributed by atoms with van der Waals surface area (Å²) in [6, 6.07) is 0. The highest BCUT2D eigenvalue weighted by atomic mass is 35.5. The number of carboxylic acid groups (broad SMARTS) is 1. The minimum absolute atomic E-state index is 0.611. The maximum Gasteiger partial charge on any atom is 0.368 e. The fourth-order valence-electron chi connectivity index (χ4n) is 0.0552. The van der Waals surface area contributed by atoms with Crippen molar-refractivity contribution < 1.29 is 9.90 Å². The largest absolute Gasteiger partial charge is 0.476 e. The first-order chi connectivity index (χ1) is 3.18. The second-order valence-corrected chi connectivity index (χ2v) is 1.08. The van der Waals surface area contributed by atoms with E-state index < -0.39 is 11.1 Å². The maximum absolute atomic E-state index is 9.59. The van der Waals surface area contributed by atoms with Crippen LogP contribution in [-0.2, 0) is 4.79 Å². The molecule has 40 valence electrons. The van der Waals surface area contributed by atoms with Gasteiger partial charge >= 0.3 is 5.97 Å². The summed E-state index contributed by atoms with van der Waals surface area (Å²) in [6.07, 6.45) is 0. The van der Waals surface area contributed by atoms with Crippen molar-refractivity contribution >= 4 is 22.7 Å². The molecule has 0 aromatic rings. The second kappa shape index (κ2) is 2.41. The molecular formula is C2H3ClN2O2. The van der Waals surface area contributed by atoms with Gasteiger partial charge in [-0.25, -0.2) is 4.79 Å². The minimum Gasteiger partial charge on any atom is -0.476 e. The molecule has 0 bridgehead atoms. The second-order valence-electron chi connectivity index (χ2n) is 0.725. The monoisotopic (exact) mass is 122 g/mol. The fraction of sp³-hybridized carbons (Fsp3) is 0. The number of aliphatic carboxylic acids is 1. The van der Waals surface area contributed by atoms with Gasteiger partial charge in [0.2, 0.25) is 5.17 Å². The fourth-order valence-corrected chi connectivity index (χ4v) is 0.0552. The summed E-state index contributed by atoms with van der Waals surface area (Å²) in [4.78, 5) is 9.59. The van der Waals surface area contributed by atoms with E-state index in [9.17, 15) is 4.79 Å². The molecule has 0 aliphatic rings. The number of hydrazone groups is 1. The summed E-state index contributed by atoms with van der Waals surface area (Å²) >= 11 is 4.83. The van der Waals surface area contributed by atoms with Gasteiger partial charge in [-0.05, 0) is 0 Å². The maximum atomic E-state index is 9.59. The number of rotatable bonds is 1. The molecule has 0 spiro atoms. The molecule has 0 amide bonds. The van der Waals surface area contributed by atoms with Crippen molar-refractivity contribution in [2.45, 2.75) is 0 Å². The first kappa shape index (κ1) is 6.23. The van der Waals surface area contributed by atoms with E-state index in [4.69, 9.17) is 16.7 Å². The molecule has 0 fully saturated rings. The van der Waals surface area contributed by atoms with E-state index in [2.05, 4.69) is 10.9 Å². The van der Waals surface area contributed by atoms with Gasteiger partial charge < -0.3 is 10.9 Å². The van der Waals surface area contributed by atoms with Crippen LogP contribution in [0.5, 0.6) is 0 Å². The van der Waals surface area contributed by atoms with Crippen LogP contribution < -0.4 is 5.84 Å². The standard InChI is InChI=1S/C2H3ClN2O2/c3-1(5-4)2(6)7/h4H2,(H,6,7)/b5-1-. The van der Waals surface area contributed by atoms with Crippen molar-refractivity contribution in [1.82, 2.24) is 0 Å². The average molecular weight is 123 g/mol. The van der Waals surface area contributed by atoms with Crippen LogP contribution in [0.25, 0.3) is 0 Å². The Labute approximate surface area is 44.6 Å². The molecule has 0 saturated carbocycles. The van der Waals surface area contributed by atoms with E-state index in [1.54, 1.807) is 0 Å². The summed E-state index contributed by atoms with van der Waals surface area (Å²) < 4.78 is 0. The predicted molar refractivity (Wildman–Crippen MR) is 25.1 cm³/mol. The zero-order valence-electron chi connectivity index (χ0n) is 3.26. The lowest BCUT2D eigenvalue weighted by Crippen LogP contribution is -2.06. The molecule has 0 rings (SSSR count). The van der Waals surface area contributed by atoms with Gasteiger partial charge in [-0.15, -0.1) is 0 Å². The SMILES string of the molecule is N/N=C(\Cl)C(=O)O. The molecular weight excluding hydrogens is 119 g/mol.